The number of ether oxygens (including phenoxy) is 1. The number of aromatic nitrogens is 2. The van der Waals surface area contributed by atoms with Crippen LogP contribution in [-0.2, 0) is 16.1 Å². The average Bonchev–Trinajstić information content (AvgIpc) is 3.19. The molecule has 0 aliphatic heterocycles. The van der Waals surface area contributed by atoms with Crippen LogP contribution in [0.2, 0.25) is 0 Å². The van der Waals surface area contributed by atoms with E-state index in [1.807, 2.05) is 18.2 Å². The highest BCUT2D eigenvalue weighted by atomic mass is 32.2. The lowest BCUT2D eigenvalue weighted by Crippen LogP contribution is -2.23. The molecule has 3 aromatic rings. The first kappa shape index (κ1) is 23.5. The van der Waals surface area contributed by atoms with Crippen LogP contribution in [0.15, 0.2) is 59.6 Å². The minimum Gasteiger partial charge on any atom is -0.480 e. The summed E-state index contributed by atoms with van der Waals surface area (Å²) in [6, 6.07) is 16.8. The van der Waals surface area contributed by atoms with Crippen LogP contribution >= 0.6 is 11.8 Å². The fourth-order valence-corrected chi connectivity index (χ4v) is 5.34. The van der Waals surface area contributed by atoms with E-state index in [1.54, 1.807) is 23.9 Å². The number of hydrogen-bond donors (Lipinski definition) is 1. The Morgan fingerprint density at radius 3 is 2.36 bits per heavy atom. The van der Waals surface area contributed by atoms with Gasteiger partial charge in [-0.2, -0.15) is 5.10 Å². The second-order valence-electron chi connectivity index (χ2n) is 8.58. The van der Waals surface area contributed by atoms with Crippen LogP contribution < -0.4 is 0 Å². The van der Waals surface area contributed by atoms with Crippen molar-refractivity contribution in [2.45, 2.75) is 37.3 Å². The molecule has 1 aliphatic carbocycles. The second kappa shape index (κ2) is 11.0. The molecule has 0 unspecified atom stereocenters. The molecule has 174 valence electrons. The standard InChI is InChI=1S/C26H29FN2O3S/c1-33-26-24(20-5-3-2-4-6-20)25(21-11-13-22(27)14-12-21)28-29(26)15-18-7-9-19(10-8-18)16-32-17-23(30)31/h2-6,11-14,18-19H,7-10,15-17H2,1H3,(H,30,31). The zero-order valence-electron chi connectivity index (χ0n) is 18.7. The number of nitrogens with zero attached hydrogens (tertiary/aromatic N) is 2. The Hall–Kier alpha value is -2.64. The Labute approximate surface area is 198 Å². The van der Waals surface area contributed by atoms with Crippen LogP contribution in [0.3, 0.4) is 0 Å². The molecule has 33 heavy (non-hydrogen) atoms. The van der Waals surface area contributed by atoms with Gasteiger partial charge in [-0.1, -0.05) is 30.3 Å². The highest BCUT2D eigenvalue weighted by Crippen LogP contribution is 2.40. The van der Waals surface area contributed by atoms with Gasteiger partial charge in [-0.3, -0.25) is 4.68 Å². The van der Waals surface area contributed by atoms with Crippen molar-refractivity contribution >= 4 is 17.7 Å². The van der Waals surface area contributed by atoms with Crippen molar-refractivity contribution in [1.82, 2.24) is 9.78 Å². The van der Waals surface area contributed by atoms with E-state index < -0.39 is 5.97 Å². The number of rotatable bonds is 9. The first-order chi connectivity index (χ1) is 16.0. The van der Waals surface area contributed by atoms with Crippen molar-refractivity contribution in [2.24, 2.45) is 11.8 Å². The maximum absolute atomic E-state index is 13.6. The van der Waals surface area contributed by atoms with E-state index in [2.05, 4.69) is 23.1 Å². The van der Waals surface area contributed by atoms with Crippen LogP contribution in [-0.4, -0.2) is 40.3 Å². The van der Waals surface area contributed by atoms with Crippen molar-refractivity contribution in [3.05, 3.63) is 60.4 Å². The lowest BCUT2D eigenvalue weighted by molar-refractivity contribution is -0.142. The minimum atomic E-state index is -0.918. The van der Waals surface area contributed by atoms with Gasteiger partial charge < -0.3 is 9.84 Å². The summed E-state index contributed by atoms with van der Waals surface area (Å²) in [6.07, 6.45) is 6.29. The molecule has 1 N–H and O–H groups in total. The number of benzene rings is 2. The molecule has 0 saturated heterocycles. The summed E-state index contributed by atoms with van der Waals surface area (Å²) in [5.41, 5.74) is 3.97. The van der Waals surface area contributed by atoms with Crippen molar-refractivity contribution in [1.29, 1.82) is 0 Å². The summed E-state index contributed by atoms with van der Waals surface area (Å²) >= 11 is 1.69. The van der Waals surface area contributed by atoms with Gasteiger partial charge in [0.2, 0.25) is 0 Å². The normalized spacial score (nSPS) is 18.4. The van der Waals surface area contributed by atoms with Crippen LogP contribution in [0, 0.1) is 17.7 Å². The predicted octanol–water partition coefficient (Wildman–Crippen LogP) is 5.99. The van der Waals surface area contributed by atoms with Gasteiger partial charge in [-0.05, 0) is 73.6 Å². The molecule has 5 nitrogen and oxygen atoms in total. The van der Waals surface area contributed by atoms with E-state index in [0.29, 0.717) is 18.4 Å². The zero-order chi connectivity index (χ0) is 23.2. The molecule has 1 saturated carbocycles. The van der Waals surface area contributed by atoms with E-state index in [4.69, 9.17) is 14.9 Å². The topological polar surface area (TPSA) is 64.4 Å². The summed E-state index contributed by atoms with van der Waals surface area (Å²) in [7, 11) is 0. The number of thioether (sulfide) groups is 1. The molecule has 4 rings (SSSR count). The van der Waals surface area contributed by atoms with Crippen molar-refractivity contribution in [2.75, 3.05) is 19.5 Å². The lowest BCUT2D eigenvalue weighted by Gasteiger charge is -2.28. The third kappa shape index (κ3) is 5.84. The highest BCUT2D eigenvalue weighted by molar-refractivity contribution is 7.98. The van der Waals surface area contributed by atoms with E-state index in [-0.39, 0.29) is 12.4 Å². The van der Waals surface area contributed by atoms with Gasteiger partial charge in [0.1, 0.15) is 23.1 Å². The smallest absolute Gasteiger partial charge is 0.329 e. The van der Waals surface area contributed by atoms with Gasteiger partial charge in [0.05, 0.1) is 6.61 Å². The van der Waals surface area contributed by atoms with Gasteiger partial charge in [0.25, 0.3) is 0 Å². The number of carbonyl (C=O) groups is 1. The molecule has 1 aromatic heterocycles. The number of hydrogen-bond acceptors (Lipinski definition) is 4. The highest BCUT2D eigenvalue weighted by Gasteiger charge is 2.25. The van der Waals surface area contributed by atoms with Crippen LogP contribution in [0.5, 0.6) is 0 Å². The summed E-state index contributed by atoms with van der Waals surface area (Å²) < 4.78 is 21.0. The Kier molecular flexibility index (Phi) is 7.83. The Bertz CT molecular complexity index is 1060. The minimum absolute atomic E-state index is 0.223. The van der Waals surface area contributed by atoms with Crippen molar-refractivity contribution in [3.8, 4) is 22.4 Å². The molecule has 0 spiro atoms. The van der Waals surface area contributed by atoms with Crippen LogP contribution in [0.4, 0.5) is 4.39 Å². The fraction of sp³-hybridized carbons (Fsp3) is 0.385. The predicted molar refractivity (Wildman–Crippen MR) is 129 cm³/mol. The number of halogens is 1. The molecule has 1 fully saturated rings. The first-order valence-corrected chi connectivity index (χ1v) is 12.5. The molecule has 1 aliphatic rings. The number of aliphatic carboxylic acids is 1. The fourth-order valence-electron chi connectivity index (χ4n) is 4.59. The van der Waals surface area contributed by atoms with Crippen LogP contribution in [0.1, 0.15) is 25.7 Å². The molecule has 1 heterocycles. The number of carboxylic acid groups (broad SMARTS) is 1. The molecular formula is C26H29FN2O3S. The second-order valence-corrected chi connectivity index (χ2v) is 9.38. The summed E-state index contributed by atoms with van der Waals surface area (Å²) in [6.45, 7) is 1.13. The Balaban J connectivity index is 1.55. The van der Waals surface area contributed by atoms with E-state index in [9.17, 15) is 9.18 Å². The molecule has 0 bridgehead atoms. The molecule has 7 heteroatoms. The van der Waals surface area contributed by atoms with Crippen LogP contribution in [0.25, 0.3) is 22.4 Å². The maximum Gasteiger partial charge on any atom is 0.329 e. The monoisotopic (exact) mass is 468 g/mol. The SMILES string of the molecule is CSc1c(-c2ccccc2)c(-c2ccc(F)cc2)nn1CC1CCC(COCC(=O)O)CC1. The maximum atomic E-state index is 13.6. The van der Waals surface area contributed by atoms with E-state index in [0.717, 1.165) is 59.6 Å². The Morgan fingerprint density at radius 1 is 1.06 bits per heavy atom. The third-order valence-electron chi connectivity index (χ3n) is 6.26. The summed E-state index contributed by atoms with van der Waals surface area (Å²) in [5, 5.41) is 14.9. The third-order valence-corrected chi connectivity index (χ3v) is 7.06. The Morgan fingerprint density at radius 2 is 1.73 bits per heavy atom. The summed E-state index contributed by atoms with van der Waals surface area (Å²) in [5.74, 6) is -0.240. The molecule has 0 amide bonds. The van der Waals surface area contributed by atoms with E-state index >= 15 is 0 Å². The van der Waals surface area contributed by atoms with E-state index in [1.165, 1.54) is 12.1 Å². The largest absolute Gasteiger partial charge is 0.480 e. The molecular weight excluding hydrogens is 439 g/mol. The van der Waals surface area contributed by atoms with Gasteiger partial charge >= 0.3 is 5.97 Å². The lowest BCUT2D eigenvalue weighted by atomic mass is 9.82. The van der Waals surface area contributed by atoms with Gasteiger partial charge in [-0.15, -0.1) is 11.8 Å². The quantitative estimate of drug-likeness (QED) is 0.391. The zero-order valence-corrected chi connectivity index (χ0v) is 19.6. The van der Waals surface area contributed by atoms with Gasteiger partial charge in [-0.25, -0.2) is 9.18 Å². The average molecular weight is 469 g/mol. The van der Waals surface area contributed by atoms with Crippen molar-refractivity contribution in [3.63, 3.8) is 0 Å². The summed E-state index contributed by atoms with van der Waals surface area (Å²) in [4.78, 5) is 10.7. The number of carboxylic acids is 1. The van der Waals surface area contributed by atoms with Gasteiger partial charge in [0.15, 0.2) is 0 Å². The van der Waals surface area contributed by atoms with Gasteiger partial charge in [0, 0.05) is 17.7 Å². The molecule has 0 atom stereocenters. The first-order valence-electron chi connectivity index (χ1n) is 11.3. The molecule has 2 aromatic carbocycles. The molecule has 0 radical (unpaired) electrons. The van der Waals surface area contributed by atoms with Crippen molar-refractivity contribution < 1.29 is 19.0 Å².